The molecule has 2 aliphatic heterocycles. The number of rotatable bonds is 3. The minimum absolute atomic E-state index is 0.00968. The Bertz CT molecular complexity index is 848. The van der Waals surface area contributed by atoms with Crippen molar-refractivity contribution >= 4 is 23.2 Å². The van der Waals surface area contributed by atoms with Crippen molar-refractivity contribution in [2.75, 3.05) is 49.1 Å². The van der Waals surface area contributed by atoms with Crippen LogP contribution in [0.25, 0.3) is 0 Å². The minimum Gasteiger partial charge on any atom is -0.482 e. The Morgan fingerprint density at radius 3 is 2.44 bits per heavy atom. The number of ether oxygens (including phenoxy) is 1. The summed E-state index contributed by atoms with van der Waals surface area (Å²) in [6, 6.07) is 13.6. The van der Waals surface area contributed by atoms with Crippen LogP contribution in [0.3, 0.4) is 0 Å². The van der Waals surface area contributed by atoms with E-state index in [0.29, 0.717) is 37.6 Å². The summed E-state index contributed by atoms with van der Waals surface area (Å²) >= 11 is 0. The minimum atomic E-state index is -0.261. The third-order valence-corrected chi connectivity index (χ3v) is 4.93. The van der Waals surface area contributed by atoms with Crippen LogP contribution in [0.5, 0.6) is 5.75 Å². The van der Waals surface area contributed by atoms with E-state index in [1.165, 1.54) is 17.0 Å². The molecule has 4 rings (SSSR count). The van der Waals surface area contributed by atoms with Crippen molar-refractivity contribution in [3.05, 3.63) is 54.3 Å². The molecule has 2 aromatic carbocycles. The van der Waals surface area contributed by atoms with Crippen LogP contribution in [-0.2, 0) is 9.59 Å². The van der Waals surface area contributed by atoms with E-state index in [2.05, 4.69) is 4.90 Å². The third-order valence-electron chi connectivity index (χ3n) is 4.93. The SMILES string of the molecule is O=C(CN1C(=O)COc2ccccc21)N1CCN(c2ccc(F)cc2)CC1. The van der Waals surface area contributed by atoms with Crippen molar-refractivity contribution in [3.8, 4) is 5.75 Å². The fourth-order valence-corrected chi connectivity index (χ4v) is 3.43. The number of para-hydroxylation sites is 2. The van der Waals surface area contributed by atoms with Gasteiger partial charge in [-0.25, -0.2) is 4.39 Å². The van der Waals surface area contributed by atoms with Crippen LogP contribution in [0.15, 0.2) is 48.5 Å². The number of nitrogens with zero attached hydrogens (tertiary/aromatic N) is 3. The zero-order chi connectivity index (χ0) is 18.8. The van der Waals surface area contributed by atoms with Gasteiger partial charge in [-0.2, -0.15) is 0 Å². The fraction of sp³-hybridized carbons (Fsp3) is 0.300. The number of carbonyl (C=O) groups is 2. The average molecular weight is 369 g/mol. The maximum absolute atomic E-state index is 13.1. The molecule has 0 N–H and O–H groups in total. The molecule has 0 atom stereocenters. The van der Waals surface area contributed by atoms with Gasteiger partial charge in [-0.1, -0.05) is 12.1 Å². The van der Waals surface area contributed by atoms with Crippen molar-refractivity contribution in [2.45, 2.75) is 0 Å². The van der Waals surface area contributed by atoms with Gasteiger partial charge in [-0.3, -0.25) is 14.5 Å². The van der Waals surface area contributed by atoms with E-state index in [0.717, 1.165) is 5.69 Å². The van der Waals surface area contributed by atoms with Crippen LogP contribution < -0.4 is 14.5 Å². The van der Waals surface area contributed by atoms with Crippen molar-refractivity contribution < 1.29 is 18.7 Å². The van der Waals surface area contributed by atoms with Gasteiger partial charge in [0, 0.05) is 31.9 Å². The Morgan fingerprint density at radius 1 is 1.00 bits per heavy atom. The molecule has 27 heavy (non-hydrogen) atoms. The zero-order valence-electron chi connectivity index (χ0n) is 14.8. The maximum atomic E-state index is 13.1. The molecule has 6 nitrogen and oxygen atoms in total. The van der Waals surface area contributed by atoms with Gasteiger partial charge in [-0.05, 0) is 36.4 Å². The molecule has 0 aromatic heterocycles. The van der Waals surface area contributed by atoms with Crippen molar-refractivity contribution in [1.29, 1.82) is 0 Å². The van der Waals surface area contributed by atoms with Crippen LogP contribution in [0.2, 0.25) is 0 Å². The smallest absolute Gasteiger partial charge is 0.265 e. The van der Waals surface area contributed by atoms with Gasteiger partial charge < -0.3 is 14.5 Å². The summed E-state index contributed by atoms with van der Waals surface area (Å²) in [5.74, 6) is 0.0554. The van der Waals surface area contributed by atoms with Crippen molar-refractivity contribution in [1.82, 2.24) is 4.90 Å². The van der Waals surface area contributed by atoms with Gasteiger partial charge >= 0.3 is 0 Å². The lowest BCUT2D eigenvalue weighted by molar-refractivity contribution is -0.132. The van der Waals surface area contributed by atoms with E-state index < -0.39 is 0 Å². The van der Waals surface area contributed by atoms with Crippen LogP contribution in [0.1, 0.15) is 0 Å². The first-order valence-electron chi connectivity index (χ1n) is 8.92. The number of carbonyl (C=O) groups excluding carboxylic acids is 2. The predicted molar refractivity (Wildman–Crippen MR) is 99.5 cm³/mol. The summed E-state index contributed by atoms with van der Waals surface area (Å²) < 4.78 is 18.5. The van der Waals surface area contributed by atoms with Crippen LogP contribution in [-0.4, -0.2) is 56.0 Å². The first kappa shape index (κ1) is 17.3. The number of fused-ring (bicyclic) bond motifs is 1. The first-order chi connectivity index (χ1) is 13.1. The Labute approximate surface area is 156 Å². The molecule has 1 fully saturated rings. The summed E-state index contributed by atoms with van der Waals surface area (Å²) in [6.07, 6.45) is 0. The highest BCUT2D eigenvalue weighted by atomic mass is 19.1. The van der Waals surface area contributed by atoms with Gasteiger partial charge in [0.15, 0.2) is 6.61 Å². The van der Waals surface area contributed by atoms with E-state index >= 15 is 0 Å². The summed E-state index contributed by atoms with van der Waals surface area (Å²) in [5, 5.41) is 0. The molecule has 0 saturated carbocycles. The molecule has 0 spiro atoms. The van der Waals surface area contributed by atoms with Crippen LogP contribution >= 0.6 is 0 Å². The molecule has 2 aliphatic rings. The van der Waals surface area contributed by atoms with E-state index in [9.17, 15) is 14.0 Å². The molecule has 2 amide bonds. The lowest BCUT2D eigenvalue weighted by Gasteiger charge is -2.37. The number of amides is 2. The number of hydrogen-bond acceptors (Lipinski definition) is 4. The van der Waals surface area contributed by atoms with Crippen molar-refractivity contribution in [2.24, 2.45) is 0 Å². The van der Waals surface area contributed by atoms with Gasteiger partial charge in [0.2, 0.25) is 5.91 Å². The summed E-state index contributed by atoms with van der Waals surface area (Å²) in [5.41, 5.74) is 1.58. The molecule has 0 bridgehead atoms. The molecule has 2 heterocycles. The van der Waals surface area contributed by atoms with Gasteiger partial charge in [0.1, 0.15) is 18.1 Å². The second kappa shape index (κ2) is 7.26. The maximum Gasteiger partial charge on any atom is 0.265 e. The molecule has 0 unspecified atom stereocenters. The average Bonchev–Trinajstić information content (AvgIpc) is 2.71. The highest BCUT2D eigenvalue weighted by molar-refractivity contribution is 6.02. The predicted octanol–water partition coefficient (Wildman–Crippen LogP) is 1.90. The second-order valence-electron chi connectivity index (χ2n) is 6.58. The number of benzene rings is 2. The molecule has 140 valence electrons. The zero-order valence-corrected chi connectivity index (χ0v) is 14.8. The number of anilines is 2. The summed E-state index contributed by atoms with van der Waals surface area (Å²) in [7, 11) is 0. The molecule has 1 saturated heterocycles. The molecular formula is C20H20FN3O3. The Hall–Kier alpha value is -3.09. The molecule has 0 radical (unpaired) electrons. The topological polar surface area (TPSA) is 53.1 Å². The highest BCUT2D eigenvalue weighted by Gasteiger charge is 2.29. The molecular weight excluding hydrogens is 349 g/mol. The van der Waals surface area contributed by atoms with Crippen molar-refractivity contribution in [3.63, 3.8) is 0 Å². The van der Waals surface area contributed by atoms with E-state index in [4.69, 9.17) is 4.74 Å². The van der Waals surface area contributed by atoms with Crippen LogP contribution in [0, 0.1) is 5.82 Å². The first-order valence-corrected chi connectivity index (χ1v) is 8.92. The Balaban J connectivity index is 1.39. The van der Waals surface area contributed by atoms with Crippen LogP contribution in [0.4, 0.5) is 15.8 Å². The van der Waals surface area contributed by atoms with E-state index in [-0.39, 0.29) is 30.8 Å². The van der Waals surface area contributed by atoms with Gasteiger partial charge in [0.25, 0.3) is 5.91 Å². The summed E-state index contributed by atoms with van der Waals surface area (Å²) in [4.78, 5) is 30.4. The monoisotopic (exact) mass is 369 g/mol. The van der Waals surface area contributed by atoms with E-state index in [1.807, 2.05) is 12.1 Å². The fourth-order valence-electron chi connectivity index (χ4n) is 3.43. The Kier molecular flexibility index (Phi) is 4.66. The quantitative estimate of drug-likeness (QED) is 0.829. The standard InChI is InChI=1S/C20H20FN3O3/c21-15-5-7-16(8-6-15)22-9-11-23(12-10-22)19(25)13-24-17-3-1-2-4-18(17)27-14-20(24)26/h1-8H,9-14H2. The Morgan fingerprint density at radius 2 is 1.70 bits per heavy atom. The number of halogens is 1. The number of piperazine rings is 1. The largest absolute Gasteiger partial charge is 0.482 e. The normalized spacial score (nSPS) is 16.8. The molecule has 2 aromatic rings. The highest BCUT2D eigenvalue weighted by Crippen LogP contribution is 2.31. The molecule has 7 heteroatoms. The lowest BCUT2D eigenvalue weighted by Crippen LogP contribution is -2.53. The number of hydrogen-bond donors (Lipinski definition) is 0. The second-order valence-corrected chi connectivity index (χ2v) is 6.58. The van der Waals surface area contributed by atoms with E-state index in [1.54, 1.807) is 29.2 Å². The lowest BCUT2D eigenvalue weighted by atomic mass is 10.2. The van der Waals surface area contributed by atoms with Gasteiger partial charge in [-0.15, -0.1) is 0 Å². The summed E-state index contributed by atoms with van der Waals surface area (Å²) in [6.45, 7) is 2.43. The van der Waals surface area contributed by atoms with Gasteiger partial charge in [0.05, 0.1) is 5.69 Å². The molecule has 0 aliphatic carbocycles. The third kappa shape index (κ3) is 3.58.